The van der Waals surface area contributed by atoms with E-state index >= 15 is 0 Å². The first-order chi connectivity index (χ1) is 19.9. The smallest absolute Gasteiger partial charge is 0.282 e. The van der Waals surface area contributed by atoms with E-state index in [1.54, 1.807) is 0 Å². The van der Waals surface area contributed by atoms with Crippen molar-refractivity contribution in [3.05, 3.63) is 59.7 Å². The summed E-state index contributed by atoms with van der Waals surface area (Å²) in [7, 11) is 0. The molecule has 2 aromatic carbocycles. The summed E-state index contributed by atoms with van der Waals surface area (Å²) in [5, 5.41) is 6.49. The van der Waals surface area contributed by atoms with E-state index in [0.29, 0.717) is 0 Å². The number of para-hydroxylation sites is 2. The van der Waals surface area contributed by atoms with Crippen LogP contribution in [0.5, 0.6) is 0 Å². The predicted octanol–water partition coefficient (Wildman–Crippen LogP) is 7.07. The predicted molar refractivity (Wildman–Crippen MR) is 170 cm³/mol. The maximum absolute atomic E-state index is 13.8. The summed E-state index contributed by atoms with van der Waals surface area (Å²) in [5.41, 5.74) is 4.13. The zero-order valence-corrected chi connectivity index (χ0v) is 25.8. The molecule has 3 atom stereocenters. The van der Waals surface area contributed by atoms with Crippen LogP contribution in [0.2, 0.25) is 0 Å². The standard InChI is InChI=1S/C35H52N4O2/c1-4-5-25-39(27-15-11-22-32(39)35(41)37-33-28(2)17-16-18-29(33)3)26-14-7-12-23-38-24-13-10-21-31(38)34(40)36-30-19-8-6-9-20-30/h6,8-9,16-20,31-32H,4-5,7,10-15,21-27H2,1-3H3,(H-,36,37,40,41)/p+1. The normalized spacial score (nSPS) is 23.2. The Morgan fingerprint density at radius 2 is 1.54 bits per heavy atom. The van der Waals surface area contributed by atoms with E-state index in [-0.39, 0.29) is 23.9 Å². The third-order valence-corrected chi connectivity index (χ3v) is 9.49. The molecule has 6 heteroatoms. The number of unbranched alkanes of at least 4 members (excludes halogenated alkanes) is 3. The number of hydrogen-bond donors (Lipinski definition) is 2. The van der Waals surface area contributed by atoms with Crippen LogP contribution in [0.1, 0.15) is 88.7 Å². The van der Waals surface area contributed by atoms with E-state index in [2.05, 4.69) is 54.5 Å². The molecule has 0 saturated carbocycles. The number of amides is 2. The molecular weight excluding hydrogens is 508 g/mol. The average molecular weight is 562 g/mol. The summed E-state index contributed by atoms with van der Waals surface area (Å²) in [6.07, 6.45) is 12.2. The van der Waals surface area contributed by atoms with Crippen molar-refractivity contribution < 1.29 is 14.1 Å². The molecule has 0 aliphatic carbocycles. The molecule has 0 aromatic heterocycles. The molecular formula is C35H53N4O2+. The van der Waals surface area contributed by atoms with Gasteiger partial charge in [0.1, 0.15) is 0 Å². The Hall–Kier alpha value is -2.70. The molecule has 224 valence electrons. The van der Waals surface area contributed by atoms with Crippen LogP contribution < -0.4 is 10.6 Å². The van der Waals surface area contributed by atoms with Gasteiger partial charge >= 0.3 is 0 Å². The zero-order valence-electron chi connectivity index (χ0n) is 25.8. The number of rotatable bonds is 13. The molecule has 6 nitrogen and oxygen atoms in total. The van der Waals surface area contributed by atoms with E-state index in [0.717, 1.165) is 111 Å². The third kappa shape index (κ3) is 8.42. The summed E-state index contributed by atoms with van der Waals surface area (Å²) in [5.74, 6) is 0.338. The number of carbonyl (C=O) groups is 2. The minimum absolute atomic E-state index is 0.0301. The van der Waals surface area contributed by atoms with Crippen molar-refractivity contribution in [3.63, 3.8) is 0 Å². The molecule has 2 amide bonds. The van der Waals surface area contributed by atoms with Crippen LogP contribution >= 0.6 is 0 Å². The Morgan fingerprint density at radius 3 is 2.29 bits per heavy atom. The van der Waals surface area contributed by atoms with Crippen LogP contribution in [-0.4, -0.2) is 66.0 Å². The number of aryl methyl sites for hydroxylation is 2. The van der Waals surface area contributed by atoms with Crippen molar-refractivity contribution in [3.8, 4) is 0 Å². The number of benzene rings is 2. The fraction of sp³-hybridized carbons (Fsp3) is 0.600. The summed E-state index contributed by atoms with van der Waals surface area (Å²) >= 11 is 0. The Kier molecular flexibility index (Phi) is 11.8. The Morgan fingerprint density at radius 1 is 0.805 bits per heavy atom. The fourth-order valence-electron chi connectivity index (χ4n) is 7.13. The molecule has 2 saturated heterocycles. The lowest BCUT2D eigenvalue weighted by Gasteiger charge is -2.47. The second-order valence-corrected chi connectivity index (χ2v) is 12.5. The largest absolute Gasteiger partial charge is 0.325 e. The van der Waals surface area contributed by atoms with Crippen molar-refractivity contribution >= 4 is 23.2 Å². The lowest BCUT2D eigenvalue weighted by atomic mass is 9.95. The highest BCUT2D eigenvalue weighted by Crippen LogP contribution is 2.30. The van der Waals surface area contributed by atoms with E-state index in [4.69, 9.17) is 0 Å². The second kappa shape index (κ2) is 15.5. The summed E-state index contributed by atoms with van der Waals surface area (Å²) < 4.78 is 0.941. The topological polar surface area (TPSA) is 61.4 Å². The fourth-order valence-corrected chi connectivity index (χ4v) is 7.13. The number of hydrogen-bond acceptors (Lipinski definition) is 3. The first-order valence-corrected chi connectivity index (χ1v) is 16.3. The molecule has 2 aromatic rings. The van der Waals surface area contributed by atoms with Crippen LogP contribution in [0, 0.1) is 13.8 Å². The van der Waals surface area contributed by atoms with Crippen molar-refractivity contribution in [2.75, 3.05) is 43.4 Å². The summed E-state index contributed by atoms with van der Waals surface area (Å²) in [4.78, 5) is 29.3. The number of anilines is 2. The third-order valence-electron chi connectivity index (χ3n) is 9.49. The molecule has 4 rings (SSSR count). The zero-order chi connectivity index (χ0) is 29.1. The average Bonchev–Trinajstić information content (AvgIpc) is 2.99. The van der Waals surface area contributed by atoms with Gasteiger partial charge in [-0.2, -0.15) is 0 Å². The first kappa shape index (κ1) is 31.2. The van der Waals surface area contributed by atoms with Gasteiger partial charge in [-0.15, -0.1) is 0 Å². The Bertz CT molecular complexity index is 1100. The second-order valence-electron chi connectivity index (χ2n) is 12.5. The molecule has 41 heavy (non-hydrogen) atoms. The van der Waals surface area contributed by atoms with E-state index in [9.17, 15) is 9.59 Å². The minimum Gasteiger partial charge on any atom is -0.325 e. The summed E-state index contributed by atoms with van der Waals surface area (Å²) in [6.45, 7) is 11.7. The number of nitrogens with zero attached hydrogens (tertiary/aromatic N) is 2. The van der Waals surface area contributed by atoms with Crippen LogP contribution in [0.15, 0.2) is 48.5 Å². The monoisotopic (exact) mass is 561 g/mol. The molecule has 2 aliphatic heterocycles. The maximum Gasteiger partial charge on any atom is 0.282 e. The van der Waals surface area contributed by atoms with Crippen molar-refractivity contribution in [2.24, 2.45) is 0 Å². The number of likely N-dealkylation sites (tertiary alicyclic amines) is 2. The number of quaternary nitrogens is 1. The van der Waals surface area contributed by atoms with Crippen LogP contribution in [0.3, 0.4) is 0 Å². The molecule has 2 N–H and O–H groups in total. The van der Waals surface area contributed by atoms with Crippen molar-refractivity contribution in [1.82, 2.24) is 4.90 Å². The quantitative estimate of drug-likeness (QED) is 0.203. The van der Waals surface area contributed by atoms with Gasteiger partial charge in [-0.1, -0.05) is 56.2 Å². The number of piperidine rings is 2. The van der Waals surface area contributed by atoms with Crippen molar-refractivity contribution in [1.29, 1.82) is 0 Å². The van der Waals surface area contributed by atoms with Gasteiger partial charge in [0.25, 0.3) is 5.91 Å². The summed E-state index contributed by atoms with van der Waals surface area (Å²) in [6, 6.07) is 16.0. The van der Waals surface area contributed by atoms with E-state index in [1.165, 1.54) is 19.3 Å². The number of nitrogens with one attached hydrogen (secondary N) is 2. The molecule has 0 bridgehead atoms. The highest BCUT2D eigenvalue weighted by molar-refractivity contribution is 5.95. The lowest BCUT2D eigenvalue weighted by Crippen LogP contribution is -2.63. The molecule has 2 fully saturated rings. The van der Waals surface area contributed by atoms with Crippen LogP contribution in [0.4, 0.5) is 11.4 Å². The van der Waals surface area contributed by atoms with Gasteiger partial charge in [-0.05, 0) is 102 Å². The van der Waals surface area contributed by atoms with E-state index in [1.807, 2.05) is 30.3 Å². The molecule has 3 unspecified atom stereocenters. The molecule has 2 heterocycles. The molecule has 0 spiro atoms. The van der Waals surface area contributed by atoms with Gasteiger partial charge in [0.15, 0.2) is 6.04 Å². The van der Waals surface area contributed by atoms with Gasteiger partial charge in [0, 0.05) is 17.8 Å². The van der Waals surface area contributed by atoms with Gasteiger partial charge in [0.2, 0.25) is 5.91 Å². The molecule has 0 radical (unpaired) electrons. The van der Waals surface area contributed by atoms with Gasteiger partial charge in [0.05, 0.1) is 25.7 Å². The maximum atomic E-state index is 13.8. The Balaban J connectivity index is 1.33. The minimum atomic E-state index is -0.0352. The van der Waals surface area contributed by atoms with E-state index < -0.39 is 0 Å². The Labute approximate surface area is 248 Å². The first-order valence-electron chi connectivity index (χ1n) is 16.3. The molecule has 2 aliphatic rings. The highest BCUT2D eigenvalue weighted by Gasteiger charge is 2.43. The van der Waals surface area contributed by atoms with Gasteiger partial charge < -0.3 is 15.1 Å². The highest BCUT2D eigenvalue weighted by atomic mass is 16.2. The lowest BCUT2D eigenvalue weighted by molar-refractivity contribution is -0.947. The number of carbonyl (C=O) groups excluding carboxylic acids is 2. The van der Waals surface area contributed by atoms with Gasteiger partial charge in [-0.3, -0.25) is 14.5 Å². The van der Waals surface area contributed by atoms with Crippen LogP contribution in [-0.2, 0) is 9.59 Å². The van der Waals surface area contributed by atoms with Gasteiger partial charge in [-0.25, -0.2) is 0 Å². The van der Waals surface area contributed by atoms with Crippen molar-refractivity contribution in [2.45, 2.75) is 103 Å². The van der Waals surface area contributed by atoms with Crippen LogP contribution in [0.25, 0.3) is 0 Å². The SMILES string of the molecule is CCCC[N+]1(CCCCCN2CCCCC2C(=O)Nc2ccccc2)CCCCC1C(=O)Nc1c(C)cccc1C.